The molecular weight excluding hydrogens is 373 g/mol. The first-order valence-corrected chi connectivity index (χ1v) is 9.97. The quantitative estimate of drug-likeness (QED) is 0.812. The van der Waals surface area contributed by atoms with Crippen LogP contribution in [-0.4, -0.2) is 63.1 Å². The first-order valence-electron chi connectivity index (χ1n) is 9.97. The second-order valence-corrected chi connectivity index (χ2v) is 8.04. The highest BCUT2D eigenvalue weighted by atomic mass is 19.1. The third-order valence-electron chi connectivity index (χ3n) is 6.36. The van der Waals surface area contributed by atoms with E-state index in [1.54, 1.807) is 29.4 Å². The van der Waals surface area contributed by atoms with Crippen LogP contribution in [0.3, 0.4) is 0 Å². The van der Waals surface area contributed by atoms with E-state index in [0.717, 1.165) is 24.9 Å². The summed E-state index contributed by atoms with van der Waals surface area (Å²) in [6.07, 6.45) is 6.02. The Morgan fingerprint density at radius 2 is 2.00 bits per heavy atom. The summed E-state index contributed by atoms with van der Waals surface area (Å²) in [6.45, 7) is 2.54. The van der Waals surface area contributed by atoms with Crippen LogP contribution < -0.4 is 5.73 Å². The summed E-state index contributed by atoms with van der Waals surface area (Å²) in [7, 11) is 0. The molecular formula is C21H26FN5O2. The number of benzene rings is 1. The van der Waals surface area contributed by atoms with E-state index in [4.69, 9.17) is 5.73 Å². The van der Waals surface area contributed by atoms with E-state index in [1.807, 2.05) is 0 Å². The molecule has 2 fully saturated rings. The molecule has 1 amide bonds. The first-order chi connectivity index (χ1) is 14.0. The minimum atomic E-state index is -0.504. The third-order valence-corrected chi connectivity index (χ3v) is 6.36. The van der Waals surface area contributed by atoms with Gasteiger partial charge >= 0.3 is 0 Å². The zero-order chi connectivity index (χ0) is 20.4. The molecule has 0 spiro atoms. The maximum absolute atomic E-state index is 14.1. The molecule has 8 heteroatoms. The normalized spacial score (nSPS) is 24.9. The van der Waals surface area contributed by atoms with Crippen LogP contribution in [0.5, 0.6) is 0 Å². The number of hydrogen-bond acceptors (Lipinski definition) is 6. The number of anilines is 1. The van der Waals surface area contributed by atoms with Crippen LogP contribution in [0, 0.1) is 11.2 Å². The Morgan fingerprint density at radius 1 is 1.24 bits per heavy atom. The molecule has 2 aliphatic heterocycles. The lowest BCUT2D eigenvalue weighted by Crippen LogP contribution is -2.63. The molecule has 2 aromatic rings. The predicted molar refractivity (Wildman–Crippen MR) is 106 cm³/mol. The maximum Gasteiger partial charge on any atom is 0.256 e. The number of rotatable bonds is 4. The summed E-state index contributed by atoms with van der Waals surface area (Å²) in [5, 5.41) is 10.3. The van der Waals surface area contributed by atoms with Gasteiger partial charge < -0.3 is 15.7 Å². The van der Waals surface area contributed by atoms with Gasteiger partial charge in [-0.25, -0.2) is 14.4 Å². The molecule has 2 atom stereocenters. The van der Waals surface area contributed by atoms with Crippen LogP contribution in [-0.2, 0) is 6.54 Å². The number of nitrogens with two attached hydrogens (primary N) is 1. The van der Waals surface area contributed by atoms with Gasteiger partial charge in [0.15, 0.2) is 0 Å². The number of halogens is 1. The van der Waals surface area contributed by atoms with Crippen molar-refractivity contribution in [3.05, 3.63) is 53.6 Å². The molecule has 0 unspecified atom stereocenters. The Kier molecular flexibility index (Phi) is 5.47. The molecule has 0 aliphatic carbocycles. The van der Waals surface area contributed by atoms with Gasteiger partial charge in [0.2, 0.25) is 5.95 Å². The molecule has 2 saturated heterocycles. The highest BCUT2D eigenvalue weighted by Gasteiger charge is 2.48. The number of likely N-dealkylation sites (tertiary alicyclic amines) is 2. The Morgan fingerprint density at radius 3 is 2.72 bits per heavy atom. The van der Waals surface area contributed by atoms with Gasteiger partial charge in [-0.2, -0.15) is 0 Å². The van der Waals surface area contributed by atoms with E-state index in [0.29, 0.717) is 26.1 Å². The van der Waals surface area contributed by atoms with Crippen molar-refractivity contribution in [1.29, 1.82) is 0 Å². The number of nitrogen functional groups attached to an aromatic ring is 1. The highest BCUT2D eigenvalue weighted by molar-refractivity contribution is 5.94. The number of aliphatic hydroxyl groups is 1. The second-order valence-electron chi connectivity index (χ2n) is 8.04. The minimum absolute atomic E-state index is 0.0109. The van der Waals surface area contributed by atoms with Crippen LogP contribution in [0.1, 0.15) is 35.2 Å². The van der Waals surface area contributed by atoms with Crippen molar-refractivity contribution in [2.45, 2.75) is 31.8 Å². The third kappa shape index (κ3) is 3.82. The lowest BCUT2D eigenvalue weighted by molar-refractivity contribution is -0.0727. The fraction of sp³-hybridized carbons (Fsp3) is 0.476. The van der Waals surface area contributed by atoms with Gasteiger partial charge in [-0.1, -0.05) is 12.1 Å². The largest absolute Gasteiger partial charge is 0.396 e. The van der Waals surface area contributed by atoms with Gasteiger partial charge in [0, 0.05) is 49.0 Å². The Labute approximate surface area is 169 Å². The van der Waals surface area contributed by atoms with Crippen LogP contribution >= 0.6 is 0 Å². The molecule has 3 N–H and O–H groups in total. The lowest BCUT2D eigenvalue weighted by Gasteiger charge is -2.54. The topological polar surface area (TPSA) is 95.6 Å². The molecule has 0 bridgehead atoms. The Bertz CT molecular complexity index is 878. The number of amides is 1. The van der Waals surface area contributed by atoms with Gasteiger partial charge in [-0.3, -0.25) is 9.69 Å². The van der Waals surface area contributed by atoms with E-state index < -0.39 is 5.82 Å². The second kappa shape index (κ2) is 8.04. The molecule has 154 valence electrons. The molecule has 1 aromatic carbocycles. The number of hydrogen-bond donors (Lipinski definition) is 2. The molecule has 2 aliphatic rings. The molecule has 1 aromatic heterocycles. The average Bonchev–Trinajstić information content (AvgIpc) is 2.75. The van der Waals surface area contributed by atoms with E-state index in [2.05, 4.69) is 14.9 Å². The van der Waals surface area contributed by atoms with Crippen molar-refractivity contribution in [1.82, 2.24) is 19.8 Å². The number of aliphatic hydroxyl groups excluding tert-OH is 1. The molecule has 0 radical (unpaired) electrons. The van der Waals surface area contributed by atoms with Crippen LogP contribution in [0.4, 0.5) is 10.3 Å². The van der Waals surface area contributed by atoms with Crippen molar-refractivity contribution >= 4 is 11.9 Å². The molecule has 29 heavy (non-hydrogen) atoms. The van der Waals surface area contributed by atoms with E-state index in [-0.39, 0.29) is 35.5 Å². The average molecular weight is 399 g/mol. The Hall–Kier alpha value is -2.58. The van der Waals surface area contributed by atoms with Crippen LogP contribution in [0.15, 0.2) is 36.7 Å². The number of carbonyl (C=O) groups excluding carboxylic acids is 1. The van der Waals surface area contributed by atoms with E-state index in [1.165, 1.54) is 12.1 Å². The van der Waals surface area contributed by atoms with E-state index >= 15 is 0 Å². The monoisotopic (exact) mass is 399 g/mol. The zero-order valence-electron chi connectivity index (χ0n) is 16.3. The summed E-state index contributed by atoms with van der Waals surface area (Å²) in [6, 6.07) is 6.07. The zero-order valence-corrected chi connectivity index (χ0v) is 16.3. The number of aromatic nitrogens is 2. The standard InChI is InChI=1S/C21H26FN5O2/c22-17-5-2-1-4-16(17)19(29)27-9-7-21(14-28)6-3-8-26(18(21)13-27)12-15-10-24-20(23)25-11-15/h1-2,4-5,10-11,18,28H,3,6-9,12-14H2,(H2,23,24,25)/t18-,21-/m1/s1. The molecule has 0 saturated carbocycles. The van der Waals surface area contributed by atoms with Gasteiger partial charge in [-0.15, -0.1) is 0 Å². The first kappa shape index (κ1) is 19.7. The van der Waals surface area contributed by atoms with Crippen molar-refractivity contribution in [2.24, 2.45) is 5.41 Å². The summed E-state index contributed by atoms with van der Waals surface area (Å²) in [5.41, 5.74) is 6.36. The molecule has 7 nitrogen and oxygen atoms in total. The predicted octanol–water partition coefficient (Wildman–Crippen LogP) is 1.69. The van der Waals surface area contributed by atoms with Crippen molar-refractivity contribution in [3.63, 3.8) is 0 Å². The lowest BCUT2D eigenvalue weighted by atomic mass is 9.68. The summed E-state index contributed by atoms with van der Waals surface area (Å²) in [5.74, 6) is -0.566. The summed E-state index contributed by atoms with van der Waals surface area (Å²) < 4.78 is 14.1. The number of nitrogens with zero attached hydrogens (tertiary/aromatic N) is 4. The highest BCUT2D eigenvalue weighted by Crippen LogP contribution is 2.42. The number of carbonyl (C=O) groups is 1. The van der Waals surface area contributed by atoms with Crippen LogP contribution in [0.2, 0.25) is 0 Å². The SMILES string of the molecule is Nc1ncc(CN2CCC[C@]3(CO)CCN(C(=O)c4ccccc4F)C[C@@H]23)cn1. The van der Waals surface area contributed by atoms with E-state index in [9.17, 15) is 14.3 Å². The minimum Gasteiger partial charge on any atom is -0.396 e. The molecule has 3 heterocycles. The fourth-order valence-electron chi connectivity index (χ4n) is 4.73. The van der Waals surface area contributed by atoms with Gasteiger partial charge in [0.1, 0.15) is 5.82 Å². The number of fused-ring (bicyclic) bond motifs is 1. The smallest absolute Gasteiger partial charge is 0.256 e. The van der Waals surface area contributed by atoms with Gasteiger partial charge in [0.25, 0.3) is 5.91 Å². The Balaban J connectivity index is 1.57. The van der Waals surface area contributed by atoms with Gasteiger partial charge in [0.05, 0.1) is 12.2 Å². The van der Waals surface area contributed by atoms with Crippen molar-refractivity contribution < 1.29 is 14.3 Å². The maximum atomic E-state index is 14.1. The van der Waals surface area contributed by atoms with Crippen molar-refractivity contribution in [2.75, 3.05) is 32.0 Å². The van der Waals surface area contributed by atoms with Gasteiger partial charge in [-0.05, 0) is 37.9 Å². The summed E-state index contributed by atoms with van der Waals surface area (Å²) >= 11 is 0. The number of piperidine rings is 2. The van der Waals surface area contributed by atoms with Crippen LogP contribution in [0.25, 0.3) is 0 Å². The molecule has 4 rings (SSSR count). The fourth-order valence-corrected chi connectivity index (χ4v) is 4.73. The summed E-state index contributed by atoms with van der Waals surface area (Å²) in [4.78, 5) is 25.1. The van der Waals surface area contributed by atoms with Crippen molar-refractivity contribution in [3.8, 4) is 0 Å².